The Bertz CT molecular complexity index is 998. The lowest BCUT2D eigenvalue weighted by Crippen LogP contribution is -2.23. The predicted octanol–water partition coefficient (Wildman–Crippen LogP) is 3.70. The molecule has 0 fully saturated rings. The Balaban J connectivity index is 2.11. The molecule has 0 saturated heterocycles. The maximum absolute atomic E-state index is 12.3. The van der Waals surface area contributed by atoms with E-state index in [0.29, 0.717) is 22.2 Å². The zero-order valence-corrected chi connectivity index (χ0v) is 16.1. The molecular weight excluding hydrogens is 352 g/mol. The summed E-state index contributed by atoms with van der Waals surface area (Å²) in [5, 5.41) is 3.41. The Morgan fingerprint density at radius 2 is 2.00 bits per heavy atom. The smallest absolute Gasteiger partial charge is 0.338 e. The number of anilines is 1. The van der Waals surface area contributed by atoms with E-state index >= 15 is 0 Å². The van der Waals surface area contributed by atoms with E-state index in [4.69, 9.17) is 4.74 Å². The minimum atomic E-state index is -0.578. The van der Waals surface area contributed by atoms with Crippen molar-refractivity contribution < 1.29 is 14.3 Å². The normalized spacial score (nSPS) is 11.6. The number of aromatic nitrogens is 3. The number of carbonyl (C=O) groups is 2. The van der Waals surface area contributed by atoms with Gasteiger partial charge in [0.1, 0.15) is 5.60 Å². The molecule has 0 radical (unpaired) electrons. The van der Waals surface area contributed by atoms with Crippen LogP contribution in [0.1, 0.15) is 42.9 Å². The molecule has 0 spiro atoms. The highest BCUT2D eigenvalue weighted by Gasteiger charge is 2.21. The van der Waals surface area contributed by atoms with Crippen LogP contribution in [0.5, 0.6) is 0 Å². The van der Waals surface area contributed by atoms with E-state index in [1.807, 2.05) is 27.7 Å². The molecule has 0 bridgehead atoms. The molecule has 1 amide bonds. The SMILES string of the molecule is CC(=O)Nc1nc2cc(C(=O)OC(C)(C)C)ccc2n1-c1ncc(C)s1. The van der Waals surface area contributed by atoms with Gasteiger partial charge in [-0.15, -0.1) is 11.3 Å². The second-order valence-corrected chi connectivity index (χ2v) is 8.12. The van der Waals surface area contributed by atoms with Gasteiger partial charge in [-0.05, 0) is 45.9 Å². The van der Waals surface area contributed by atoms with E-state index in [1.54, 1.807) is 29.0 Å². The van der Waals surface area contributed by atoms with Crippen molar-refractivity contribution in [1.82, 2.24) is 14.5 Å². The van der Waals surface area contributed by atoms with Crippen molar-refractivity contribution in [2.75, 3.05) is 5.32 Å². The summed E-state index contributed by atoms with van der Waals surface area (Å²) < 4.78 is 7.18. The number of hydrogen-bond acceptors (Lipinski definition) is 6. The molecule has 0 aliphatic rings. The summed E-state index contributed by atoms with van der Waals surface area (Å²) >= 11 is 1.49. The van der Waals surface area contributed by atoms with E-state index < -0.39 is 11.6 Å². The number of esters is 1. The number of carbonyl (C=O) groups excluding carboxylic acids is 2. The summed E-state index contributed by atoms with van der Waals surface area (Å²) in [6.07, 6.45) is 1.76. The van der Waals surface area contributed by atoms with Crippen LogP contribution >= 0.6 is 11.3 Å². The first-order valence-corrected chi connectivity index (χ1v) is 8.92. The molecule has 2 heterocycles. The van der Waals surface area contributed by atoms with Crippen LogP contribution in [0.3, 0.4) is 0 Å². The Morgan fingerprint density at radius 3 is 2.58 bits per heavy atom. The van der Waals surface area contributed by atoms with Crippen LogP contribution in [0.2, 0.25) is 0 Å². The van der Waals surface area contributed by atoms with Gasteiger partial charge >= 0.3 is 5.97 Å². The van der Waals surface area contributed by atoms with Crippen molar-refractivity contribution in [3.8, 4) is 5.13 Å². The number of nitrogens with zero attached hydrogens (tertiary/aromatic N) is 3. The molecule has 8 heteroatoms. The lowest BCUT2D eigenvalue weighted by molar-refractivity contribution is -0.114. The minimum absolute atomic E-state index is 0.234. The van der Waals surface area contributed by atoms with Crippen LogP contribution in [-0.4, -0.2) is 32.0 Å². The Hall–Kier alpha value is -2.74. The lowest BCUT2D eigenvalue weighted by Gasteiger charge is -2.19. The van der Waals surface area contributed by atoms with Gasteiger partial charge in [-0.25, -0.2) is 14.8 Å². The van der Waals surface area contributed by atoms with E-state index in [0.717, 1.165) is 10.4 Å². The number of imidazole rings is 1. The maximum atomic E-state index is 12.3. The number of fused-ring (bicyclic) bond motifs is 1. The second kappa shape index (κ2) is 6.53. The van der Waals surface area contributed by atoms with Gasteiger partial charge in [0.15, 0.2) is 5.13 Å². The van der Waals surface area contributed by atoms with Crippen molar-refractivity contribution in [3.05, 3.63) is 34.8 Å². The standard InChI is InChI=1S/C18H20N4O3S/c1-10-9-19-17(26-10)22-14-7-6-12(15(24)25-18(3,4)5)8-13(14)21-16(22)20-11(2)23/h6-9H,1-5H3,(H,20,21,23). The number of thiazole rings is 1. The van der Waals surface area contributed by atoms with Crippen molar-refractivity contribution in [2.45, 2.75) is 40.2 Å². The molecule has 3 rings (SSSR count). The van der Waals surface area contributed by atoms with Gasteiger partial charge < -0.3 is 4.74 Å². The topological polar surface area (TPSA) is 86.1 Å². The highest BCUT2D eigenvalue weighted by molar-refractivity contribution is 7.14. The van der Waals surface area contributed by atoms with Gasteiger partial charge in [0.05, 0.1) is 16.6 Å². The van der Waals surface area contributed by atoms with E-state index in [1.165, 1.54) is 18.3 Å². The summed E-state index contributed by atoms with van der Waals surface area (Å²) in [7, 11) is 0. The van der Waals surface area contributed by atoms with Gasteiger partial charge in [0.25, 0.3) is 0 Å². The zero-order chi connectivity index (χ0) is 19.1. The first-order chi connectivity index (χ1) is 12.1. The fourth-order valence-electron chi connectivity index (χ4n) is 2.43. The second-order valence-electron chi connectivity index (χ2n) is 6.91. The molecule has 0 aliphatic carbocycles. The number of benzene rings is 1. The summed E-state index contributed by atoms with van der Waals surface area (Å²) in [4.78, 5) is 33.8. The highest BCUT2D eigenvalue weighted by Crippen LogP contribution is 2.28. The molecule has 7 nitrogen and oxygen atoms in total. The number of rotatable bonds is 3. The number of nitrogens with one attached hydrogen (secondary N) is 1. The van der Waals surface area contributed by atoms with Gasteiger partial charge in [0, 0.05) is 18.0 Å². The van der Waals surface area contributed by atoms with Crippen molar-refractivity contribution in [2.24, 2.45) is 0 Å². The molecule has 0 unspecified atom stereocenters. The summed E-state index contributed by atoms with van der Waals surface area (Å²) in [5.74, 6) is -0.287. The molecule has 2 aromatic heterocycles. The fraction of sp³-hybridized carbons (Fsp3) is 0.333. The van der Waals surface area contributed by atoms with Crippen molar-refractivity contribution in [1.29, 1.82) is 0 Å². The molecule has 0 atom stereocenters. The molecule has 26 heavy (non-hydrogen) atoms. The lowest BCUT2D eigenvalue weighted by atomic mass is 10.1. The predicted molar refractivity (Wildman–Crippen MR) is 101 cm³/mol. The highest BCUT2D eigenvalue weighted by atomic mass is 32.1. The summed E-state index contributed by atoms with van der Waals surface area (Å²) in [6.45, 7) is 8.83. The average Bonchev–Trinajstić information content (AvgIpc) is 3.06. The Kier molecular flexibility index (Phi) is 4.53. The number of aryl methyl sites for hydroxylation is 1. The third-order valence-corrected chi connectivity index (χ3v) is 4.28. The molecule has 0 aliphatic heterocycles. The quantitative estimate of drug-likeness (QED) is 0.709. The van der Waals surface area contributed by atoms with E-state index in [9.17, 15) is 9.59 Å². The molecule has 3 aromatic rings. The zero-order valence-electron chi connectivity index (χ0n) is 15.3. The van der Waals surface area contributed by atoms with Crippen LogP contribution < -0.4 is 5.32 Å². The van der Waals surface area contributed by atoms with Gasteiger partial charge in [0.2, 0.25) is 11.9 Å². The monoisotopic (exact) mass is 372 g/mol. The van der Waals surface area contributed by atoms with Crippen LogP contribution in [0.25, 0.3) is 16.2 Å². The van der Waals surface area contributed by atoms with Crippen LogP contribution in [0.4, 0.5) is 5.95 Å². The van der Waals surface area contributed by atoms with E-state index in [-0.39, 0.29) is 5.91 Å². The van der Waals surface area contributed by atoms with Crippen LogP contribution in [0.15, 0.2) is 24.4 Å². The summed E-state index contributed by atoms with van der Waals surface area (Å²) in [5.41, 5.74) is 1.15. The van der Waals surface area contributed by atoms with Gasteiger partial charge in [-0.2, -0.15) is 0 Å². The minimum Gasteiger partial charge on any atom is -0.456 e. The van der Waals surface area contributed by atoms with Crippen LogP contribution in [-0.2, 0) is 9.53 Å². The number of hydrogen-bond donors (Lipinski definition) is 1. The molecule has 136 valence electrons. The Labute approximate surface area is 155 Å². The number of ether oxygens (including phenoxy) is 1. The first-order valence-electron chi connectivity index (χ1n) is 8.10. The third-order valence-electron chi connectivity index (χ3n) is 3.38. The van der Waals surface area contributed by atoms with Gasteiger partial charge in [-0.3, -0.25) is 14.7 Å². The molecule has 1 aromatic carbocycles. The molecule has 1 N–H and O–H groups in total. The molecular formula is C18H20N4O3S. The fourth-order valence-corrected chi connectivity index (χ4v) is 3.20. The largest absolute Gasteiger partial charge is 0.456 e. The maximum Gasteiger partial charge on any atom is 0.338 e. The van der Waals surface area contributed by atoms with Crippen molar-refractivity contribution >= 4 is 40.2 Å². The Morgan fingerprint density at radius 1 is 1.27 bits per heavy atom. The number of amides is 1. The third kappa shape index (κ3) is 3.75. The van der Waals surface area contributed by atoms with Gasteiger partial charge in [-0.1, -0.05) is 0 Å². The first kappa shape index (κ1) is 18.1. The summed E-state index contributed by atoms with van der Waals surface area (Å²) in [6, 6.07) is 5.13. The van der Waals surface area contributed by atoms with Crippen molar-refractivity contribution in [3.63, 3.8) is 0 Å². The average molecular weight is 372 g/mol. The molecule has 0 saturated carbocycles. The van der Waals surface area contributed by atoms with E-state index in [2.05, 4.69) is 15.3 Å². The van der Waals surface area contributed by atoms with Crippen LogP contribution in [0, 0.1) is 6.92 Å².